The number of pyridine rings is 2. The predicted octanol–water partition coefficient (Wildman–Crippen LogP) is 6.86. The van der Waals surface area contributed by atoms with Gasteiger partial charge in [-0.2, -0.15) is 0 Å². The summed E-state index contributed by atoms with van der Waals surface area (Å²) in [7, 11) is 0. The molecule has 0 radical (unpaired) electrons. The summed E-state index contributed by atoms with van der Waals surface area (Å²) < 4.78 is 0. The first-order valence-corrected chi connectivity index (χ1v) is 15.1. The van der Waals surface area contributed by atoms with E-state index >= 15 is 0 Å². The van der Waals surface area contributed by atoms with Crippen LogP contribution in [0.15, 0.2) is 85.2 Å². The average Bonchev–Trinajstić information content (AvgIpc) is 3.02. The first kappa shape index (κ1) is 29.6. The third-order valence-corrected chi connectivity index (χ3v) is 8.67. The highest BCUT2D eigenvalue weighted by Gasteiger charge is 2.35. The molecule has 1 aliphatic heterocycles. The molecule has 1 unspecified atom stereocenters. The van der Waals surface area contributed by atoms with Gasteiger partial charge in [0, 0.05) is 25.5 Å². The Bertz CT molecular complexity index is 1440. The monoisotopic (exact) mass is 562 g/mol. The van der Waals surface area contributed by atoms with E-state index in [0.29, 0.717) is 13.1 Å². The van der Waals surface area contributed by atoms with Gasteiger partial charge >= 0.3 is 0 Å². The number of aromatic nitrogens is 2. The first-order valence-electron chi connectivity index (χ1n) is 15.1. The van der Waals surface area contributed by atoms with Gasteiger partial charge in [-0.25, -0.2) is 0 Å². The van der Waals surface area contributed by atoms with Crippen LogP contribution in [0, 0.1) is 13.8 Å². The zero-order chi connectivity index (χ0) is 29.5. The van der Waals surface area contributed by atoms with Crippen molar-refractivity contribution >= 4 is 5.91 Å². The van der Waals surface area contributed by atoms with Crippen LogP contribution in [0.25, 0.3) is 0 Å². The number of carbonyl (C=O) groups excluding carboxylic acids is 1. The second kappa shape index (κ2) is 13.9. The SMILES string of the molecule is CCC(C(=O)NCc1ccc(CN2[C@@H](c3ncccc3C)CCC[C@H]2c2ncccc2C)c(CO)c1)c1ccccc1. The number of benzene rings is 2. The Morgan fingerprint density at radius 3 is 2.12 bits per heavy atom. The molecule has 6 nitrogen and oxygen atoms in total. The summed E-state index contributed by atoms with van der Waals surface area (Å²) in [6.45, 7) is 7.35. The van der Waals surface area contributed by atoms with E-state index in [-0.39, 0.29) is 30.5 Å². The van der Waals surface area contributed by atoms with Gasteiger partial charge in [0.15, 0.2) is 0 Å². The molecule has 3 atom stereocenters. The standard InChI is InChI=1S/C36H42N4O2/c1-4-31(28-13-6-5-7-14-28)36(42)39-22-27-17-18-29(30(21-27)24-41)23-40-32(34-25(2)11-9-19-37-34)15-8-16-33(40)35-26(3)12-10-20-38-35/h5-7,9-14,17-21,31-33,41H,4,8,15-16,22-24H2,1-3H3,(H,39,42)/t31?,32-,33+. The van der Waals surface area contributed by atoms with Crippen molar-refractivity contribution in [2.24, 2.45) is 0 Å². The number of hydrogen-bond donors (Lipinski definition) is 2. The zero-order valence-electron chi connectivity index (χ0n) is 25.0. The summed E-state index contributed by atoms with van der Waals surface area (Å²) in [5, 5.41) is 13.6. The molecule has 6 heteroatoms. The van der Waals surface area contributed by atoms with E-state index < -0.39 is 0 Å². The van der Waals surface area contributed by atoms with E-state index in [0.717, 1.165) is 59.3 Å². The number of amides is 1. The molecule has 4 aromatic rings. The van der Waals surface area contributed by atoms with Crippen LogP contribution in [0.5, 0.6) is 0 Å². The van der Waals surface area contributed by atoms with Crippen molar-refractivity contribution in [1.82, 2.24) is 20.2 Å². The molecule has 0 spiro atoms. The molecule has 1 aliphatic rings. The smallest absolute Gasteiger partial charge is 0.227 e. The Kier molecular flexibility index (Phi) is 9.78. The number of likely N-dealkylation sites (tertiary alicyclic amines) is 1. The molecule has 0 bridgehead atoms. The van der Waals surface area contributed by atoms with E-state index in [1.54, 1.807) is 0 Å². The van der Waals surface area contributed by atoms with Crippen LogP contribution < -0.4 is 5.32 Å². The summed E-state index contributed by atoms with van der Waals surface area (Å²) in [6, 6.07) is 24.7. The summed E-state index contributed by atoms with van der Waals surface area (Å²) >= 11 is 0. The van der Waals surface area contributed by atoms with Gasteiger partial charge in [-0.15, -0.1) is 0 Å². The second-order valence-electron chi connectivity index (χ2n) is 11.4. The largest absolute Gasteiger partial charge is 0.392 e. The lowest BCUT2D eigenvalue weighted by Crippen LogP contribution is -2.37. The second-order valence-corrected chi connectivity index (χ2v) is 11.4. The molecule has 1 fully saturated rings. The van der Waals surface area contributed by atoms with E-state index in [1.807, 2.05) is 67.8 Å². The van der Waals surface area contributed by atoms with Crippen LogP contribution >= 0.6 is 0 Å². The van der Waals surface area contributed by atoms with Crippen LogP contribution in [0.4, 0.5) is 0 Å². The highest BCUT2D eigenvalue weighted by Crippen LogP contribution is 2.43. The van der Waals surface area contributed by atoms with E-state index in [4.69, 9.17) is 9.97 Å². The maximum atomic E-state index is 13.0. The van der Waals surface area contributed by atoms with Crippen molar-refractivity contribution in [3.8, 4) is 0 Å². The van der Waals surface area contributed by atoms with Gasteiger partial charge in [0.05, 0.1) is 36.0 Å². The molecule has 2 aromatic heterocycles. The van der Waals surface area contributed by atoms with Gasteiger partial charge in [0.2, 0.25) is 5.91 Å². The van der Waals surface area contributed by atoms with Crippen molar-refractivity contribution in [2.75, 3.05) is 0 Å². The first-order chi connectivity index (χ1) is 20.5. The number of hydrogen-bond acceptors (Lipinski definition) is 5. The minimum absolute atomic E-state index is 0.0220. The number of carbonyl (C=O) groups is 1. The lowest BCUT2D eigenvalue weighted by atomic mass is 9.88. The maximum absolute atomic E-state index is 13.0. The molecule has 2 N–H and O–H groups in total. The lowest BCUT2D eigenvalue weighted by molar-refractivity contribution is -0.122. The molecule has 0 saturated carbocycles. The highest BCUT2D eigenvalue weighted by molar-refractivity contribution is 5.83. The summed E-state index contributed by atoms with van der Waals surface area (Å²) in [5.74, 6) is -0.158. The number of rotatable bonds is 10. The van der Waals surface area contributed by atoms with Gasteiger partial charge in [-0.05, 0) is 85.0 Å². The number of aliphatic hydroxyl groups is 1. The van der Waals surface area contributed by atoms with Crippen molar-refractivity contribution in [1.29, 1.82) is 0 Å². The maximum Gasteiger partial charge on any atom is 0.227 e. The molecule has 0 aliphatic carbocycles. The van der Waals surface area contributed by atoms with Crippen LogP contribution in [0.3, 0.4) is 0 Å². The van der Waals surface area contributed by atoms with E-state index in [1.165, 1.54) is 11.1 Å². The van der Waals surface area contributed by atoms with Gasteiger partial charge in [-0.3, -0.25) is 19.7 Å². The molecule has 3 heterocycles. The highest BCUT2D eigenvalue weighted by atomic mass is 16.3. The summed E-state index contributed by atoms with van der Waals surface area (Å²) in [4.78, 5) is 25.3. The van der Waals surface area contributed by atoms with Crippen LogP contribution in [-0.4, -0.2) is 25.9 Å². The van der Waals surface area contributed by atoms with Gasteiger partial charge in [0.1, 0.15) is 0 Å². The minimum Gasteiger partial charge on any atom is -0.392 e. The van der Waals surface area contributed by atoms with Gasteiger partial charge in [-0.1, -0.05) is 67.6 Å². The van der Waals surface area contributed by atoms with Crippen molar-refractivity contribution in [3.63, 3.8) is 0 Å². The predicted molar refractivity (Wildman–Crippen MR) is 167 cm³/mol. The minimum atomic E-state index is -0.180. The summed E-state index contributed by atoms with van der Waals surface area (Å²) in [6.07, 6.45) is 7.67. The number of nitrogens with one attached hydrogen (secondary N) is 1. The molecule has 5 rings (SSSR count). The Morgan fingerprint density at radius 2 is 1.55 bits per heavy atom. The Morgan fingerprint density at radius 1 is 0.905 bits per heavy atom. The van der Waals surface area contributed by atoms with E-state index in [9.17, 15) is 9.90 Å². The van der Waals surface area contributed by atoms with Crippen LogP contribution in [-0.2, 0) is 24.5 Å². The molecule has 218 valence electrons. The van der Waals surface area contributed by atoms with Crippen molar-refractivity contribution in [3.05, 3.63) is 130 Å². The fourth-order valence-corrected chi connectivity index (χ4v) is 6.41. The van der Waals surface area contributed by atoms with E-state index in [2.05, 4.69) is 48.3 Å². The lowest BCUT2D eigenvalue weighted by Gasteiger charge is -2.43. The Hall–Kier alpha value is -3.87. The third-order valence-electron chi connectivity index (χ3n) is 8.67. The zero-order valence-corrected chi connectivity index (χ0v) is 25.0. The molecule has 1 saturated heterocycles. The fraction of sp³-hybridized carbons (Fsp3) is 0.361. The number of aryl methyl sites for hydroxylation is 2. The third kappa shape index (κ3) is 6.61. The Labute approximate surface area is 249 Å². The Balaban J connectivity index is 1.39. The molecule has 1 amide bonds. The molecule has 42 heavy (non-hydrogen) atoms. The molecular formula is C36H42N4O2. The van der Waals surface area contributed by atoms with Crippen LogP contribution in [0.1, 0.15) is 95.4 Å². The van der Waals surface area contributed by atoms with Gasteiger partial charge < -0.3 is 10.4 Å². The van der Waals surface area contributed by atoms with Crippen LogP contribution in [0.2, 0.25) is 0 Å². The molecule has 2 aromatic carbocycles. The average molecular weight is 563 g/mol. The quantitative estimate of drug-likeness (QED) is 0.221. The van der Waals surface area contributed by atoms with Gasteiger partial charge in [0.25, 0.3) is 0 Å². The fourth-order valence-electron chi connectivity index (χ4n) is 6.41. The normalized spacial score (nSPS) is 18.0. The number of piperidine rings is 1. The molecular weight excluding hydrogens is 520 g/mol. The topological polar surface area (TPSA) is 78.4 Å². The number of nitrogens with zero attached hydrogens (tertiary/aromatic N) is 3. The van der Waals surface area contributed by atoms with Crippen molar-refractivity contribution in [2.45, 2.75) is 84.2 Å². The summed E-state index contributed by atoms with van der Waals surface area (Å²) in [5.41, 5.74) is 8.60. The van der Waals surface area contributed by atoms with Crippen molar-refractivity contribution < 1.29 is 9.90 Å². The number of aliphatic hydroxyl groups excluding tert-OH is 1.